The van der Waals surface area contributed by atoms with E-state index >= 15 is 0 Å². The van der Waals surface area contributed by atoms with Crippen LogP contribution in [0.4, 0.5) is 0 Å². The Morgan fingerprint density at radius 2 is 1.96 bits per heavy atom. The number of aromatic nitrogens is 4. The summed E-state index contributed by atoms with van der Waals surface area (Å²) < 4.78 is 17.6. The van der Waals surface area contributed by atoms with Crippen LogP contribution in [0, 0.1) is 6.92 Å². The van der Waals surface area contributed by atoms with Gasteiger partial charge in [0.15, 0.2) is 17.3 Å². The zero-order valence-electron chi connectivity index (χ0n) is 14.7. The van der Waals surface area contributed by atoms with E-state index < -0.39 is 5.97 Å². The molecule has 0 aliphatic carbocycles. The van der Waals surface area contributed by atoms with Crippen LogP contribution in [0.2, 0.25) is 0 Å². The number of para-hydroxylation sites is 2. The summed E-state index contributed by atoms with van der Waals surface area (Å²) in [6.07, 6.45) is 2.82. The van der Waals surface area contributed by atoms with E-state index in [1.165, 1.54) is 17.2 Å². The fourth-order valence-corrected chi connectivity index (χ4v) is 2.37. The van der Waals surface area contributed by atoms with Crippen LogP contribution >= 0.6 is 0 Å². The van der Waals surface area contributed by atoms with Crippen LogP contribution in [0.25, 0.3) is 5.82 Å². The van der Waals surface area contributed by atoms with E-state index in [9.17, 15) is 4.79 Å². The lowest BCUT2D eigenvalue weighted by molar-refractivity contribution is 0.0525. The highest BCUT2D eigenvalue weighted by molar-refractivity contribution is 5.90. The molecule has 3 rings (SSSR count). The molecule has 0 amide bonds. The largest absolute Gasteiger partial charge is 0.493 e. The number of rotatable bonds is 6. The van der Waals surface area contributed by atoms with E-state index in [0.29, 0.717) is 41.1 Å². The minimum atomic E-state index is -0.421. The molecule has 0 aliphatic heterocycles. The number of carbonyl (C=O) groups is 1. The van der Waals surface area contributed by atoms with Gasteiger partial charge < -0.3 is 14.2 Å². The van der Waals surface area contributed by atoms with Crippen molar-refractivity contribution in [2.45, 2.75) is 13.8 Å². The average molecular weight is 354 g/mol. The lowest BCUT2D eigenvalue weighted by Gasteiger charge is -2.10. The van der Waals surface area contributed by atoms with Gasteiger partial charge in [0.1, 0.15) is 11.9 Å². The fourth-order valence-electron chi connectivity index (χ4n) is 2.37. The molecule has 0 aliphatic rings. The molecule has 26 heavy (non-hydrogen) atoms. The maximum atomic E-state index is 11.9. The molecular weight excluding hydrogens is 336 g/mol. The van der Waals surface area contributed by atoms with Gasteiger partial charge in [0.25, 0.3) is 0 Å². The molecule has 1 aromatic carbocycles. The number of ether oxygens (including phenoxy) is 3. The summed E-state index contributed by atoms with van der Waals surface area (Å²) in [5.41, 5.74) is 1.00. The third-order valence-electron chi connectivity index (χ3n) is 3.63. The predicted molar refractivity (Wildman–Crippen MR) is 92.9 cm³/mol. The van der Waals surface area contributed by atoms with Crippen molar-refractivity contribution in [3.8, 4) is 23.2 Å². The molecule has 134 valence electrons. The molecule has 0 saturated carbocycles. The summed E-state index contributed by atoms with van der Waals surface area (Å²) in [6, 6.07) is 8.88. The number of esters is 1. The Labute approximate surface area is 150 Å². The van der Waals surface area contributed by atoms with E-state index in [2.05, 4.69) is 15.1 Å². The molecule has 0 N–H and O–H groups in total. The minimum absolute atomic E-state index is 0.299. The summed E-state index contributed by atoms with van der Waals surface area (Å²) in [5, 5.41) is 4.22. The van der Waals surface area contributed by atoms with Gasteiger partial charge in [0.2, 0.25) is 5.88 Å². The monoisotopic (exact) mass is 354 g/mol. The van der Waals surface area contributed by atoms with Crippen molar-refractivity contribution in [1.82, 2.24) is 19.7 Å². The summed E-state index contributed by atoms with van der Waals surface area (Å²) in [7, 11) is 1.57. The molecule has 0 atom stereocenters. The molecule has 0 radical (unpaired) electrons. The minimum Gasteiger partial charge on any atom is -0.493 e. The zero-order chi connectivity index (χ0) is 18.5. The SMILES string of the molecule is CCOC(=O)c1cnn(-c2cc(Oc3ccccc3OC)ncn2)c1C. The van der Waals surface area contributed by atoms with Crippen LogP contribution < -0.4 is 9.47 Å². The number of carbonyl (C=O) groups excluding carboxylic acids is 1. The predicted octanol–water partition coefficient (Wildman–Crippen LogP) is 2.95. The smallest absolute Gasteiger partial charge is 0.341 e. The molecule has 2 heterocycles. The van der Waals surface area contributed by atoms with Gasteiger partial charge in [0.05, 0.1) is 25.6 Å². The van der Waals surface area contributed by atoms with Gasteiger partial charge in [-0.15, -0.1) is 0 Å². The van der Waals surface area contributed by atoms with Gasteiger partial charge in [-0.25, -0.2) is 19.4 Å². The van der Waals surface area contributed by atoms with E-state index in [4.69, 9.17) is 14.2 Å². The van der Waals surface area contributed by atoms with Crippen LogP contribution in [0.15, 0.2) is 42.9 Å². The van der Waals surface area contributed by atoms with Crippen LogP contribution in [-0.2, 0) is 4.74 Å². The molecule has 0 bridgehead atoms. The first-order valence-corrected chi connectivity index (χ1v) is 7.99. The lowest BCUT2D eigenvalue weighted by atomic mass is 10.2. The molecule has 0 spiro atoms. The number of methoxy groups -OCH3 is 1. The zero-order valence-corrected chi connectivity index (χ0v) is 14.7. The van der Waals surface area contributed by atoms with Gasteiger partial charge in [-0.3, -0.25) is 0 Å². The molecule has 0 saturated heterocycles. The second-order valence-corrected chi connectivity index (χ2v) is 5.24. The van der Waals surface area contributed by atoms with E-state index in [0.717, 1.165) is 0 Å². The van der Waals surface area contributed by atoms with Crippen molar-refractivity contribution in [3.05, 3.63) is 54.1 Å². The van der Waals surface area contributed by atoms with Crippen LogP contribution in [0.1, 0.15) is 23.0 Å². The van der Waals surface area contributed by atoms with Gasteiger partial charge in [0, 0.05) is 6.07 Å². The van der Waals surface area contributed by atoms with E-state index in [1.54, 1.807) is 39.2 Å². The Bertz CT molecular complexity index is 923. The van der Waals surface area contributed by atoms with Crippen molar-refractivity contribution in [1.29, 1.82) is 0 Å². The number of hydrogen-bond acceptors (Lipinski definition) is 7. The van der Waals surface area contributed by atoms with Crippen molar-refractivity contribution in [2.75, 3.05) is 13.7 Å². The topological polar surface area (TPSA) is 88.4 Å². The highest BCUT2D eigenvalue weighted by atomic mass is 16.5. The molecule has 0 fully saturated rings. The first-order valence-electron chi connectivity index (χ1n) is 7.99. The molecule has 3 aromatic rings. The normalized spacial score (nSPS) is 10.4. The fraction of sp³-hybridized carbons (Fsp3) is 0.222. The van der Waals surface area contributed by atoms with Crippen molar-refractivity contribution in [3.63, 3.8) is 0 Å². The number of benzene rings is 1. The molecule has 2 aromatic heterocycles. The number of nitrogens with zero attached hydrogens (tertiary/aromatic N) is 4. The first-order chi connectivity index (χ1) is 12.6. The Balaban J connectivity index is 1.89. The van der Waals surface area contributed by atoms with Crippen molar-refractivity contribution >= 4 is 5.97 Å². The van der Waals surface area contributed by atoms with Crippen LogP contribution in [-0.4, -0.2) is 39.4 Å². The Kier molecular flexibility index (Phi) is 5.12. The summed E-state index contributed by atoms with van der Waals surface area (Å²) >= 11 is 0. The van der Waals surface area contributed by atoms with Gasteiger partial charge in [-0.05, 0) is 26.0 Å². The second-order valence-electron chi connectivity index (χ2n) is 5.24. The Morgan fingerprint density at radius 1 is 1.19 bits per heavy atom. The molecule has 8 heteroatoms. The van der Waals surface area contributed by atoms with E-state index in [1.807, 2.05) is 12.1 Å². The van der Waals surface area contributed by atoms with Gasteiger partial charge >= 0.3 is 5.97 Å². The molecule has 0 unspecified atom stereocenters. The van der Waals surface area contributed by atoms with Crippen LogP contribution in [0.3, 0.4) is 0 Å². The van der Waals surface area contributed by atoms with Crippen molar-refractivity contribution < 1.29 is 19.0 Å². The number of hydrogen-bond donors (Lipinski definition) is 0. The summed E-state index contributed by atoms with van der Waals surface area (Å²) in [6.45, 7) is 3.82. The molecular formula is C18H18N4O4. The summed E-state index contributed by atoms with van der Waals surface area (Å²) in [5.74, 6) is 1.50. The maximum Gasteiger partial charge on any atom is 0.341 e. The third-order valence-corrected chi connectivity index (χ3v) is 3.63. The lowest BCUT2D eigenvalue weighted by Crippen LogP contribution is -2.08. The Morgan fingerprint density at radius 3 is 2.69 bits per heavy atom. The molecule has 8 nitrogen and oxygen atoms in total. The van der Waals surface area contributed by atoms with Gasteiger partial charge in [-0.2, -0.15) is 5.10 Å². The Hall–Kier alpha value is -3.42. The quantitative estimate of drug-likeness (QED) is 0.629. The van der Waals surface area contributed by atoms with Crippen molar-refractivity contribution in [2.24, 2.45) is 0 Å². The first kappa shape index (κ1) is 17.4. The highest BCUT2D eigenvalue weighted by Crippen LogP contribution is 2.30. The van der Waals surface area contributed by atoms with E-state index in [-0.39, 0.29) is 0 Å². The average Bonchev–Trinajstić information content (AvgIpc) is 3.04. The maximum absolute atomic E-state index is 11.9. The van der Waals surface area contributed by atoms with Gasteiger partial charge in [-0.1, -0.05) is 12.1 Å². The standard InChI is InChI=1S/C18H18N4O4/c1-4-25-18(23)13-10-21-22(12(13)2)16-9-17(20-11-19-16)26-15-8-6-5-7-14(15)24-3/h5-11H,4H2,1-3H3. The summed E-state index contributed by atoms with van der Waals surface area (Å²) in [4.78, 5) is 20.3. The second kappa shape index (κ2) is 7.64. The van der Waals surface area contributed by atoms with Crippen LogP contribution in [0.5, 0.6) is 17.4 Å². The highest BCUT2D eigenvalue weighted by Gasteiger charge is 2.17. The third kappa shape index (κ3) is 3.49.